The zero-order valence-corrected chi connectivity index (χ0v) is 8.45. The molecule has 0 aliphatic heterocycles. The fourth-order valence-corrected chi connectivity index (χ4v) is 1.29. The molecule has 0 atom stereocenters. The Bertz CT molecular complexity index is 446. The monoisotopic (exact) mass is 239 g/mol. The van der Waals surface area contributed by atoms with Gasteiger partial charge < -0.3 is 4.74 Å². The van der Waals surface area contributed by atoms with Crippen molar-refractivity contribution in [3.05, 3.63) is 23.1 Å². The third-order valence-electron chi connectivity index (χ3n) is 1.59. The molecule has 0 aromatic carbocycles. The van der Waals surface area contributed by atoms with E-state index in [1.165, 1.54) is 0 Å². The summed E-state index contributed by atoms with van der Waals surface area (Å²) in [5, 5.41) is 0. The molecule has 13 heavy (non-hydrogen) atoms. The number of pyridine rings is 1. The quantitative estimate of drug-likeness (QED) is 0.713. The van der Waals surface area contributed by atoms with Crippen LogP contribution in [-0.2, 0) is 0 Å². The van der Waals surface area contributed by atoms with Crippen LogP contribution in [0.1, 0.15) is 0 Å². The Morgan fingerprint density at radius 3 is 2.85 bits per heavy atom. The first-order valence-corrected chi connectivity index (χ1v) is 4.42. The van der Waals surface area contributed by atoms with Crippen LogP contribution >= 0.6 is 15.9 Å². The van der Waals surface area contributed by atoms with Gasteiger partial charge in [0.1, 0.15) is 5.52 Å². The second kappa shape index (κ2) is 3.26. The number of aromatic nitrogens is 3. The minimum atomic E-state index is 0.562. The Balaban J connectivity index is 2.66. The Hall–Kier alpha value is -1.23. The largest absolute Gasteiger partial charge is 0.481 e. The Morgan fingerprint density at radius 1 is 1.23 bits per heavy atom. The molecule has 2 heterocycles. The predicted octanol–water partition coefficient (Wildman–Crippen LogP) is 1.80. The molecule has 0 saturated carbocycles. The van der Waals surface area contributed by atoms with Crippen molar-refractivity contribution in [2.24, 2.45) is 0 Å². The second-order valence-electron chi connectivity index (χ2n) is 2.40. The van der Waals surface area contributed by atoms with Crippen molar-refractivity contribution in [3.63, 3.8) is 0 Å². The summed E-state index contributed by atoms with van der Waals surface area (Å²) >= 11 is 3.19. The minimum absolute atomic E-state index is 0.562. The van der Waals surface area contributed by atoms with Gasteiger partial charge in [-0.2, -0.15) is 0 Å². The molecule has 4 nitrogen and oxygen atoms in total. The van der Waals surface area contributed by atoms with E-state index in [0.717, 1.165) is 11.0 Å². The summed E-state index contributed by atoms with van der Waals surface area (Å²) in [4.78, 5) is 12.3. The highest BCUT2D eigenvalue weighted by Crippen LogP contribution is 2.14. The topological polar surface area (TPSA) is 47.9 Å². The zero-order valence-electron chi connectivity index (χ0n) is 6.86. The number of rotatable bonds is 1. The number of nitrogens with zero attached hydrogens (tertiary/aromatic N) is 3. The normalized spacial score (nSPS) is 10.3. The van der Waals surface area contributed by atoms with Gasteiger partial charge in [0.25, 0.3) is 0 Å². The first-order chi connectivity index (χ1) is 6.29. The molecule has 0 aliphatic rings. The van der Waals surface area contributed by atoms with E-state index in [1.807, 2.05) is 6.07 Å². The molecule has 0 N–H and O–H groups in total. The summed E-state index contributed by atoms with van der Waals surface area (Å²) in [6, 6.07) is 3.61. The molecule has 0 unspecified atom stereocenters. The Kier molecular flexibility index (Phi) is 2.10. The van der Waals surface area contributed by atoms with Crippen LogP contribution in [0.2, 0.25) is 0 Å². The van der Waals surface area contributed by atoms with Gasteiger partial charge in [-0.3, -0.25) is 0 Å². The summed E-state index contributed by atoms with van der Waals surface area (Å²) in [6.45, 7) is 0. The van der Waals surface area contributed by atoms with E-state index in [2.05, 4.69) is 30.9 Å². The van der Waals surface area contributed by atoms with E-state index >= 15 is 0 Å². The molecule has 0 aliphatic carbocycles. The highest BCUT2D eigenvalue weighted by molar-refractivity contribution is 9.10. The highest BCUT2D eigenvalue weighted by atomic mass is 79.9. The van der Waals surface area contributed by atoms with Gasteiger partial charge in [-0.15, -0.1) is 0 Å². The number of hydrogen-bond acceptors (Lipinski definition) is 4. The second-order valence-corrected chi connectivity index (χ2v) is 3.11. The lowest BCUT2D eigenvalue weighted by Crippen LogP contribution is -1.90. The molecule has 5 heteroatoms. The maximum absolute atomic E-state index is 4.97. The van der Waals surface area contributed by atoms with E-state index in [-0.39, 0.29) is 0 Å². The minimum Gasteiger partial charge on any atom is -0.481 e. The molecular formula is C8H6BrN3O. The third kappa shape index (κ3) is 1.60. The molecule has 2 aromatic heterocycles. The summed E-state index contributed by atoms with van der Waals surface area (Å²) in [5.41, 5.74) is 1.52. The SMILES string of the molecule is COc1ccc2nc(Br)ncc2n1. The average molecular weight is 240 g/mol. The van der Waals surface area contributed by atoms with Gasteiger partial charge in [0.15, 0.2) is 4.73 Å². The molecular weight excluding hydrogens is 234 g/mol. The smallest absolute Gasteiger partial charge is 0.213 e. The van der Waals surface area contributed by atoms with Crippen LogP contribution in [0.3, 0.4) is 0 Å². The average Bonchev–Trinajstić information content (AvgIpc) is 2.17. The number of fused-ring (bicyclic) bond motifs is 1. The summed E-state index contributed by atoms with van der Waals surface area (Å²) in [6.07, 6.45) is 1.65. The van der Waals surface area contributed by atoms with Crippen molar-refractivity contribution in [2.75, 3.05) is 7.11 Å². The van der Waals surface area contributed by atoms with Gasteiger partial charge in [-0.1, -0.05) is 0 Å². The number of halogens is 1. The lowest BCUT2D eigenvalue weighted by molar-refractivity contribution is 0.399. The number of hydrogen-bond donors (Lipinski definition) is 0. The van der Waals surface area contributed by atoms with Crippen molar-refractivity contribution in [3.8, 4) is 5.88 Å². The van der Waals surface area contributed by atoms with Gasteiger partial charge >= 0.3 is 0 Å². The first-order valence-electron chi connectivity index (χ1n) is 3.63. The van der Waals surface area contributed by atoms with Gasteiger partial charge in [0.05, 0.1) is 18.8 Å². The summed E-state index contributed by atoms with van der Waals surface area (Å²) in [7, 11) is 1.58. The maximum Gasteiger partial charge on any atom is 0.213 e. The Morgan fingerprint density at radius 2 is 2.08 bits per heavy atom. The van der Waals surface area contributed by atoms with E-state index in [9.17, 15) is 0 Å². The van der Waals surface area contributed by atoms with Crippen molar-refractivity contribution in [1.82, 2.24) is 15.0 Å². The van der Waals surface area contributed by atoms with Crippen molar-refractivity contribution < 1.29 is 4.74 Å². The lowest BCUT2D eigenvalue weighted by Gasteiger charge is -1.99. The molecule has 2 aromatic rings. The van der Waals surface area contributed by atoms with Gasteiger partial charge in [0.2, 0.25) is 5.88 Å². The van der Waals surface area contributed by atoms with Crippen molar-refractivity contribution in [2.45, 2.75) is 0 Å². The van der Waals surface area contributed by atoms with E-state index in [4.69, 9.17) is 4.74 Å². The standard InChI is InChI=1S/C8H6BrN3O/c1-13-7-3-2-5-6(11-7)4-10-8(9)12-5/h2-4H,1H3. The molecule has 2 rings (SSSR count). The first kappa shape index (κ1) is 8.37. The fraction of sp³-hybridized carbons (Fsp3) is 0.125. The van der Waals surface area contributed by atoms with Crippen LogP contribution in [-0.4, -0.2) is 22.1 Å². The van der Waals surface area contributed by atoms with Crippen LogP contribution in [0.15, 0.2) is 23.1 Å². The molecule has 0 saturated heterocycles. The van der Waals surface area contributed by atoms with E-state index in [0.29, 0.717) is 10.6 Å². The van der Waals surface area contributed by atoms with Crippen LogP contribution in [0, 0.1) is 0 Å². The van der Waals surface area contributed by atoms with Crippen molar-refractivity contribution in [1.29, 1.82) is 0 Å². The summed E-state index contributed by atoms with van der Waals surface area (Å²) < 4.78 is 5.54. The van der Waals surface area contributed by atoms with E-state index < -0.39 is 0 Å². The van der Waals surface area contributed by atoms with Crippen LogP contribution < -0.4 is 4.74 Å². The van der Waals surface area contributed by atoms with Crippen LogP contribution in [0.4, 0.5) is 0 Å². The number of methoxy groups -OCH3 is 1. The molecule has 0 radical (unpaired) electrons. The molecule has 0 fully saturated rings. The van der Waals surface area contributed by atoms with Crippen molar-refractivity contribution >= 4 is 27.0 Å². The van der Waals surface area contributed by atoms with Gasteiger partial charge in [-0.25, -0.2) is 15.0 Å². The maximum atomic E-state index is 4.97. The van der Waals surface area contributed by atoms with Gasteiger partial charge in [0, 0.05) is 6.07 Å². The molecule has 0 spiro atoms. The van der Waals surface area contributed by atoms with E-state index in [1.54, 1.807) is 19.4 Å². The summed E-state index contributed by atoms with van der Waals surface area (Å²) in [5.74, 6) is 0.568. The van der Waals surface area contributed by atoms with Gasteiger partial charge in [-0.05, 0) is 22.0 Å². The van der Waals surface area contributed by atoms with Crippen LogP contribution in [0.5, 0.6) is 5.88 Å². The Labute approximate surface area is 83.1 Å². The van der Waals surface area contributed by atoms with Crippen LogP contribution in [0.25, 0.3) is 11.0 Å². The highest BCUT2D eigenvalue weighted by Gasteiger charge is 1.99. The molecule has 0 amide bonds. The zero-order chi connectivity index (χ0) is 9.26. The molecule has 66 valence electrons. The number of ether oxygens (including phenoxy) is 1. The fourth-order valence-electron chi connectivity index (χ4n) is 0.995. The predicted molar refractivity (Wildman–Crippen MR) is 51.6 cm³/mol. The lowest BCUT2D eigenvalue weighted by atomic mass is 10.4. The third-order valence-corrected chi connectivity index (χ3v) is 1.97. The molecule has 0 bridgehead atoms.